The van der Waals surface area contributed by atoms with Crippen LogP contribution in [0.3, 0.4) is 0 Å². The second kappa shape index (κ2) is 8.73. The molecule has 202 valence electrons. The maximum Gasteiger partial charge on any atom is 0.406 e. The maximum absolute atomic E-state index is 14.9. The summed E-state index contributed by atoms with van der Waals surface area (Å²) in [6.07, 6.45) is -2.69. The Morgan fingerprint density at radius 3 is 2.63 bits per heavy atom. The zero-order valence-corrected chi connectivity index (χ0v) is 20.2. The number of nitrogens with two attached hydrogens (primary N) is 1. The van der Waals surface area contributed by atoms with Gasteiger partial charge in [0, 0.05) is 18.3 Å². The van der Waals surface area contributed by atoms with Crippen molar-refractivity contribution in [2.24, 2.45) is 0 Å². The molecule has 2 aliphatic heterocycles. The van der Waals surface area contributed by atoms with Crippen molar-refractivity contribution < 1.29 is 26.7 Å². The number of aryl methyl sites for hydroxylation is 1. The normalized spacial score (nSPS) is 20.7. The monoisotopic (exact) mass is 537 g/mol. The molecular formula is C23H24F5N9O. The van der Waals surface area contributed by atoms with Crippen molar-refractivity contribution in [2.45, 2.75) is 44.1 Å². The first-order valence-corrected chi connectivity index (χ1v) is 12.0. The minimum Gasteiger partial charge on any atom is -0.382 e. The molecule has 1 unspecified atom stereocenters. The molecule has 0 radical (unpaired) electrons. The smallest absolute Gasteiger partial charge is 0.382 e. The minimum atomic E-state index is -4.44. The number of aromatic nitrogens is 6. The fraction of sp³-hybridized carbons (Fsp3) is 0.478. The first-order chi connectivity index (χ1) is 18.0. The lowest BCUT2D eigenvalue weighted by atomic mass is 9.98. The predicted molar refractivity (Wildman–Crippen MR) is 128 cm³/mol. The van der Waals surface area contributed by atoms with Crippen molar-refractivity contribution in [3.63, 3.8) is 0 Å². The maximum atomic E-state index is 14.9. The fourth-order valence-electron chi connectivity index (χ4n) is 5.00. The second-order valence-corrected chi connectivity index (χ2v) is 9.65. The molecule has 0 aliphatic carbocycles. The number of fused-ring (bicyclic) bond motifs is 2. The van der Waals surface area contributed by atoms with E-state index in [-0.39, 0.29) is 42.2 Å². The second-order valence-electron chi connectivity index (χ2n) is 9.65. The van der Waals surface area contributed by atoms with Crippen LogP contribution in [0.15, 0.2) is 24.4 Å². The molecule has 0 spiro atoms. The third-order valence-corrected chi connectivity index (χ3v) is 7.00. The van der Waals surface area contributed by atoms with E-state index in [9.17, 15) is 22.0 Å². The van der Waals surface area contributed by atoms with E-state index in [4.69, 9.17) is 10.5 Å². The van der Waals surface area contributed by atoms with Crippen LogP contribution in [0.5, 0.6) is 0 Å². The van der Waals surface area contributed by atoms with Crippen molar-refractivity contribution in [3.8, 4) is 11.3 Å². The van der Waals surface area contributed by atoms with E-state index in [1.54, 1.807) is 29.3 Å². The Balaban J connectivity index is 1.29. The van der Waals surface area contributed by atoms with E-state index in [0.29, 0.717) is 42.0 Å². The van der Waals surface area contributed by atoms with Crippen LogP contribution in [-0.2, 0) is 11.3 Å². The molecule has 0 saturated carbocycles. The van der Waals surface area contributed by atoms with Gasteiger partial charge in [-0.2, -0.15) is 18.2 Å². The Morgan fingerprint density at radius 1 is 1.16 bits per heavy atom. The van der Waals surface area contributed by atoms with Gasteiger partial charge in [-0.1, -0.05) is 0 Å². The lowest BCUT2D eigenvalue weighted by Gasteiger charge is -2.44. The third-order valence-electron chi connectivity index (χ3n) is 7.00. The van der Waals surface area contributed by atoms with Crippen LogP contribution in [0.2, 0.25) is 0 Å². The van der Waals surface area contributed by atoms with Crippen molar-refractivity contribution in [1.29, 1.82) is 0 Å². The molecule has 6 rings (SSSR count). The fourth-order valence-corrected chi connectivity index (χ4v) is 5.00. The Labute approximate surface area is 212 Å². The highest BCUT2D eigenvalue weighted by molar-refractivity contribution is 5.88. The Kier molecular flexibility index (Phi) is 5.68. The van der Waals surface area contributed by atoms with Gasteiger partial charge < -0.3 is 20.4 Å². The van der Waals surface area contributed by atoms with Gasteiger partial charge in [-0.05, 0) is 31.5 Å². The van der Waals surface area contributed by atoms with Crippen molar-refractivity contribution in [1.82, 2.24) is 34.0 Å². The molecule has 0 aromatic carbocycles. The summed E-state index contributed by atoms with van der Waals surface area (Å²) in [5, 5.41) is 7.05. The van der Waals surface area contributed by atoms with Crippen LogP contribution in [0.25, 0.3) is 27.9 Å². The van der Waals surface area contributed by atoms with Crippen molar-refractivity contribution >= 4 is 28.4 Å². The summed E-state index contributed by atoms with van der Waals surface area (Å²) in [6.45, 7) is 1.30. The summed E-state index contributed by atoms with van der Waals surface area (Å²) in [5.41, 5.74) is 7.80. The number of imidazole rings is 1. The zero-order valence-electron chi connectivity index (χ0n) is 20.2. The average molecular weight is 537 g/mol. The Hall–Kier alpha value is -3.59. The summed E-state index contributed by atoms with van der Waals surface area (Å²) >= 11 is 0. The molecule has 2 fully saturated rings. The molecule has 6 heterocycles. The van der Waals surface area contributed by atoms with Gasteiger partial charge in [0.1, 0.15) is 23.4 Å². The van der Waals surface area contributed by atoms with E-state index in [1.165, 1.54) is 11.4 Å². The molecule has 2 saturated heterocycles. The quantitative estimate of drug-likeness (QED) is 0.374. The van der Waals surface area contributed by atoms with Crippen LogP contribution in [0.1, 0.15) is 12.2 Å². The summed E-state index contributed by atoms with van der Waals surface area (Å²) in [6, 6.07) is 3.69. The summed E-state index contributed by atoms with van der Waals surface area (Å²) < 4.78 is 76.7. The van der Waals surface area contributed by atoms with Gasteiger partial charge in [0.2, 0.25) is 5.95 Å². The zero-order chi connectivity index (χ0) is 26.8. The Morgan fingerprint density at radius 2 is 1.95 bits per heavy atom. The van der Waals surface area contributed by atoms with Gasteiger partial charge in [-0.25, -0.2) is 23.3 Å². The molecule has 4 aromatic rings. The molecule has 2 aliphatic rings. The standard InChI is InChI=1S/C23H24F5N9O/c1-12-30-16-3-2-15(31-20(16)36(12)11-23(26,27)28)14-4-7-37-18(14)19(29)33-21(34-37)32-17-5-6-35(10-22(17,24)25)13-8-38-9-13/h2-4,7,13,17H,5-6,8-11H2,1H3,(H3,29,32,33,34). The minimum absolute atomic E-state index is 0.0109. The number of nitrogen functional groups attached to an aromatic ring is 1. The highest BCUT2D eigenvalue weighted by Crippen LogP contribution is 2.33. The first kappa shape index (κ1) is 24.7. The SMILES string of the molecule is Cc1nc2ccc(-c3ccn4nc(NC5CCN(C6COC6)CC5(F)F)nc(N)c34)nc2n1CC(F)(F)F. The highest BCUT2D eigenvalue weighted by Gasteiger charge is 2.47. The highest BCUT2D eigenvalue weighted by atomic mass is 19.4. The topological polar surface area (TPSA) is 111 Å². The van der Waals surface area contributed by atoms with Crippen LogP contribution >= 0.6 is 0 Å². The van der Waals surface area contributed by atoms with Crippen molar-refractivity contribution in [3.05, 3.63) is 30.2 Å². The molecule has 15 heteroatoms. The molecule has 0 amide bonds. The number of nitrogens with zero attached hydrogens (tertiary/aromatic N) is 7. The summed E-state index contributed by atoms with van der Waals surface area (Å²) in [5.74, 6) is -2.87. The average Bonchev–Trinajstić information content (AvgIpc) is 3.34. The Bertz CT molecular complexity index is 1510. The van der Waals surface area contributed by atoms with E-state index in [0.717, 1.165) is 4.57 Å². The van der Waals surface area contributed by atoms with E-state index >= 15 is 0 Å². The number of alkyl halides is 5. The molecule has 3 N–H and O–H groups in total. The number of halogens is 5. The van der Waals surface area contributed by atoms with E-state index < -0.39 is 24.7 Å². The number of likely N-dealkylation sites (tertiary alicyclic amines) is 1. The van der Waals surface area contributed by atoms with E-state index in [1.807, 2.05) is 0 Å². The molecule has 0 bridgehead atoms. The largest absolute Gasteiger partial charge is 0.406 e. The molecule has 10 nitrogen and oxygen atoms in total. The van der Waals surface area contributed by atoms with E-state index in [2.05, 4.69) is 25.4 Å². The first-order valence-electron chi connectivity index (χ1n) is 12.0. The number of piperidine rings is 1. The number of pyridine rings is 1. The van der Waals surface area contributed by atoms with Gasteiger partial charge in [-0.3, -0.25) is 4.90 Å². The lowest BCUT2D eigenvalue weighted by Crippen LogP contribution is -2.61. The lowest BCUT2D eigenvalue weighted by molar-refractivity contribution is -0.140. The van der Waals surface area contributed by atoms with Gasteiger partial charge in [0.25, 0.3) is 5.92 Å². The van der Waals surface area contributed by atoms with Crippen LogP contribution in [0, 0.1) is 6.92 Å². The number of rotatable bonds is 5. The number of nitrogens with one attached hydrogen (secondary N) is 1. The molecular weight excluding hydrogens is 513 g/mol. The molecule has 1 atom stereocenters. The van der Waals surface area contributed by atoms with Crippen LogP contribution in [0.4, 0.5) is 33.7 Å². The van der Waals surface area contributed by atoms with Gasteiger partial charge in [0.15, 0.2) is 11.5 Å². The number of hydrogen-bond acceptors (Lipinski definition) is 8. The predicted octanol–water partition coefficient (Wildman–Crippen LogP) is 3.11. The summed E-state index contributed by atoms with van der Waals surface area (Å²) in [4.78, 5) is 14.5. The molecule has 4 aromatic heterocycles. The van der Waals surface area contributed by atoms with Crippen LogP contribution in [-0.4, -0.2) is 84.5 Å². The van der Waals surface area contributed by atoms with Crippen molar-refractivity contribution in [2.75, 3.05) is 37.4 Å². The summed E-state index contributed by atoms with van der Waals surface area (Å²) in [7, 11) is 0. The van der Waals surface area contributed by atoms with Crippen LogP contribution < -0.4 is 11.1 Å². The number of anilines is 2. The van der Waals surface area contributed by atoms with Gasteiger partial charge >= 0.3 is 6.18 Å². The van der Waals surface area contributed by atoms with Gasteiger partial charge in [0.05, 0.1) is 37.5 Å². The molecule has 38 heavy (non-hydrogen) atoms. The number of hydrogen-bond donors (Lipinski definition) is 2. The number of ether oxygens (including phenoxy) is 1. The third kappa shape index (κ3) is 4.38. The van der Waals surface area contributed by atoms with Gasteiger partial charge in [-0.15, -0.1) is 5.10 Å².